The maximum Gasteiger partial charge on any atom is 0.147 e. The summed E-state index contributed by atoms with van der Waals surface area (Å²) < 4.78 is 14.0. The number of rotatable bonds is 1. The number of nitrogens with zero attached hydrogens (tertiary/aromatic N) is 2. The Morgan fingerprint density at radius 1 is 1.28 bits per heavy atom. The van der Waals surface area contributed by atoms with Gasteiger partial charge in [0.05, 0.1) is 17.3 Å². The Balaban J connectivity index is 1.97. The van der Waals surface area contributed by atoms with Crippen molar-refractivity contribution in [1.29, 1.82) is 5.26 Å². The highest BCUT2D eigenvalue weighted by molar-refractivity contribution is 5.83. The molecule has 92 valence electrons. The Morgan fingerprint density at radius 2 is 1.94 bits per heavy atom. The average molecular weight is 244 g/mol. The standard InChI is InChI=1S/C14H13FN2O/c15-13-5-9(8-16)1-4-14(13)17-10-2-3-11(17)7-12(18)6-10/h1,4-5,10-11H,2-3,6-7H2. The molecule has 2 aliphatic heterocycles. The number of hydrogen-bond donors (Lipinski definition) is 0. The van der Waals surface area contributed by atoms with Crippen LogP contribution in [0.3, 0.4) is 0 Å². The number of benzene rings is 1. The molecule has 0 amide bonds. The third-order valence-electron chi connectivity index (χ3n) is 3.90. The number of carbonyl (C=O) groups excluding carboxylic acids is 1. The van der Waals surface area contributed by atoms with Gasteiger partial charge in [-0.3, -0.25) is 4.79 Å². The van der Waals surface area contributed by atoms with Crippen LogP contribution in [0.25, 0.3) is 0 Å². The smallest absolute Gasteiger partial charge is 0.147 e. The normalized spacial score (nSPS) is 26.2. The first-order valence-corrected chi connectivity index (χ1v) is 6.18. The zero-order chi connectivity index (χ0) is 12.7. The first kappa shape index (κ1) is 11.2. The minimum absolute atomic E-state index is 0.138. The number of ketones is 1. The molecule has 0 N–H and O–H groups in total. The molecule has 2 aliphatic rings. The van der Waals surface area contributed by atoms with Crippen LogP contribution in [0.5, 0.6) is 0 Å². The van der Waals surface area contributed by atoms with Crippen LogP contribution >= 0.6 is 0 Å². The van der Waals surface area contributed by atoms with Gasteiger partial charge in [-0.25, -0.2) is 4.39 Å². The summed E-state index contributed by atoms with van der Waals surface area (Å²) >= 11 is 0. The van der Waals surface area contributed by atoms with E-state index < -0.39 is 0 Å². The second kappa shape index (κ2) is 4.09. The van der Waals surface area contributed by atoms with E-state index in [0.29, 0.717) is 24.1 Å². The Bertz CT molecular complexity index is 533. The van der Waals surface area contributed by atoms with Gasteiger partial charge in [0.1, 0.15) is 11.6 Å². The van der Waals surface area contributed by atoms with E-state index in [4.69, 9.17) is 5.26 Å². The summed E-state index contributed by atoms with van der Waals surface area (Å²) in [4.78, 5) is 13.6. The molecule has 0 aliphatic carbocycles. The van der Waals surface area contributed by atoms with E-state index in [9.17, 15) is 9.18 Å². The van der Waals surface area contributed by atoms with Crippen molar-refractivity contribution in [3.05, 3.63) is 29.6 Å². The molecule has 2 saturated heterocycles. The van der Waals surface area contributed by atoms with Crippen molar-refractivity contribution >= 4 is 11.5 Å². The van der Waals surface area contributed by atoms with Gasteiger partial charge in [-0.15, -0.1) is 0 Å². The fraction of sp³-hybridized carbons (Fsp3) is 0.429. The molecule has 3 rings (SSSR count). The van der Waals surface area contributed by atoms with E-state index >= 15 is 0 Å². The van der Waals surface area contributed by atoms with Gasteiger partial charge in [0, 0.05) is 24.9 Å². The number of Topliss-reactive ketones (excluding diaryl/α,β-unsaturated/α-hetero) is 1. The number of anilines is 1. The van der Waals surface area contributed by atoms with Crippen molar-refractivity contribution in [3.8, 4) is 6.07 Å². The Kier molecular flexibility index (Phi) is 2.55. The summed E-state index contributed by atoms with van der Waals surface area (Å²) in [5.74, 6) is -0.0758. The van der Waals surface area contributed by atoms with E-state index in [1.807, 2.05) is 11.0 Å². The molecule has 2 unspecified atom stereocenters. The molecule has 4 heteroatoms. The molecule has 0 spiro atoms. The quantitative estimate of drug-likeness (QED) is 0.762. The van der Waals surface area contributed by atoms with Crippen LogP contribution in [-0.4, -0.2) is 17.9 Å². The van der Waals surface area contributed by atoms with E-state index in [-0.39, 0.29) is 23.7 Å². The molecule has 0 saturated carbocycles. The third-order valence-corrected chi connectivity index (χ3v) is 3.90. The number of carbonyl (C=O) groups is 1. The van der Waals surface area contributed by atoms with Crippen molar-refractivity contribution in [1.82, 2.24) is 0 Å². The lowest BCUT2D eigenvalue weighted by molar-refractivity contribution is -0.120. The number of piperidine rings is 1. The largest absolute Gasteiger partial charge is 0.362 e. The predicted octanol–water partition coefficient (Wildman–Crippen LogP) is 2.40. The van der Waals surface area contributed by atoms with Crippen molar-refractivity contribution in [2.45, 2.75) is 37.8 Å². The Labute approximate surface area is 105 Å². The van der Waals surface area contributed by atoms with Crippen molar-refractivity contribution in [2.24, 2.45) is 0 Å². The van der Waals surface area contributed by atoms with Gasteiger partial charge in [0.15, 0.2) is 0 Å². The molecule has 0 radical (unpaired) electrons. The molecule has 1 aromatic rings. The summed E-state index contributed by atoms with van der Waals surface area (Å²) in [7, 11) is 0. The summed E-state index contributed by atoms with van der Waals surface area (Å²) in [6.07, 6.45) is 2.96. The van der Waals surface area contributed by atoms with Crippen molar-refractivity contribution < 1.29 is 9.18 Å². The highest BCUT2D eigenvalue weighted by Crippen LogP contribution is 2.39. The van der Waals surface area contributed by atoms with E-state index in [0.717, 1.165) is 12.8 Å². The van der Waals surface area contributed by atoms with Crippen LogP contribution in [0.1, 0.15) is 31.2 Å². The van der Waals surface area contributed by atoms with Gasteiger partial charge in [-0.1, -0.05) is 0 Å². The third kappa shape index (κ3) is 1.67. The fourth-order valence-corrected chi connectivity index (χ4v) is 3.15. The van der Waals surface area contributed by atoms with Gasteiger partial charge in [-0.05, 0) is 31.0 Å². The second-order valence-corrected chi connectivity index (χ2v) is 5.02. The lowest BCUT2D eigenvalue weighted by atomic mass is 10.00. The van der Waals surface area contributed by atoms with E-state index in [2.05, 4.69) is 0 Å². The SMILES string of the molecule is N#Cc1ccc(N2C3CCC2CC(=O)C3)c(F)c1. The van der Waals surface area contributed by atoms with Crippen LogP contribution in [-0.2, 0) is 4.79 Å². The zero-order valence-corrected chi connectivity index (χ0v) is 9.90. The molecule has 2 heterocycles. The van der Waals surface area contributed by atoms with E-state index in [1.165, 1.54) is 6.07 Å². The Hall–Kier alpha value is -1.89. The molecule has 2 fully saturated rings. The maximum absolute atomic E-state index is 14.0. The van der Waals surface area contributed by atoms with Gasteiger partial charge >= 0.3 is 0 Å². The van der Waals surface area contributed by atoms with Crippen molar-refractivity contribution in [2.75, 3.05) is 4.90 Å². The van der Waals surface area contributed by atoms with Gasteiger partial charge < -0.3 is 4.90 Å². The molecule has 0 aromatic heterocycles. The van der Waals surface area contributed by atoms with E-state index in [1.54, 1.807) is 12.1 Å². The first-order valence-electron chi connectivity index (χ1n) is 6.18. The zero-order valence-electron chi connectivity index (χ0n) is 9.90. The number of halogens is 1. The molecular weight excluding hydrogens is 231 g/mol. The summed E-state index contributed by atoms with van der Waals surface area (Å²) in [5, 5.41) is 8.74. The topological polar surface area (TPSA) is 44.1 Å². The highest BCUT2D eigenvalue weighted by Gasteiger charge is 2.40. The highest BCUT2D eigenvalue weighted by atomic mass is 19.1. The molecule has 2 atom stereocenters. The first-order chi connectivity index (χ1) is 8.69. The monoisotopic (exact) mass is 244 g/mol. The molecule has 1 aromatic carbocycles. The molecule has 3 nitrogen and oxygen atoms in total. The maximum atomic E-state index is 14.0. The van der Waals surface area contributed by atoms with Crippen LogP contribution < -0.4 is 4.90 Å². The van der Waals surface area contributed by atoms with Crippen molar-refractivity contribution in [3.63, 3.8) is 0 Å². The lowest BCUT2D eigenvalue weighted by Crippen LogP contribution is -2.43. The van der Waals surface area contributed by atoms with Gasteiger partial charge in [0.25, 0.3) is 0 Å². The summed E-state index contributed by atoms with van der Waals surface area (Å²) in [6.45, 7) is 0. The minimum atomic E-state index is -0.361. The molecular formula is C14H13FN2O. The van der Waals surface area contributed by atoms with Crippen LogP contribution in [0.2, 0.25) is 0 Å². The van der Waals surface area contributed by atoms with Gasteiger partial charge in [0.2, 0.25) is 0 Å². The number of hydrogen-bond acceptors (Lipinski definition) is 3. The summed E-state index contributed by atoms with van der Waals surface area (Å²) in [5.41, 5.74) is 0.866. The lowest BCUT2D eigenvalue weighted by Gasteiger charge is -2.36. The molecule has 18 heavy (non-hydrogen) atoms. The minimum Gasteiger partial charge on any atom is -0.362 e. The predicted molar refractivity (Wildman–Crippen MR) is 64.6 cm³/mol. The van der Waals surface area contributed by atoms with Crippen LogP contribution in [0.4, 0.5) is 10.1 Å². The van der Waals surface area contributed by atoms with Crippen LogP contribution in [0.15, 0.2) is 18.2 Å². The number of fused-ring (bicyclic) bond motifs is 2. The molecule has 2 bridgehead atoms. The van der Waals surface area contributed by atoms with Crippen LogP contribution in [0, 0.1) is 17.1 Å². The summed E-state index contributed by atoms with van der Waals surface area (Å²) in [6, 6.07) is 6.77. The fourth-order valence-electron chi connectivity index (χ4n) is 3.15. The number of nitriles is 1. The Morgan fingerprint density at radius 3 is 2.50 bits per heavy atom. The average Bonchev–Trinajstić information content (AvgIpc) is 2.61. The second-order valence-electron chi connectivity index (χ2n) is 5.02. The van der Waals surface area contributed by atoms with Gasteiger partial charge in [-0.2, -0.15) is 5.26 Å².